The van der Waals surface area contributed by atoms with Crippen LogP contribution in [0.3, 0.4) is 0 Å². The molecule has 3 N–H and O–H groups in total. The molecule has 0 unspecified atom stereocenters. The van der Waals surface area contributed by atoms with Gasteiger partial charge in [0.15, 0.2) is 9.84 Å². The molecule has 50 heavy (non-hydrogen) atoms. The first-order chi connectivity index (χ1) is 23.0. The molecule has 4 amide bonds. The van der Waals surface area contributed by atoms with E-state index in [1.54, 1.807) is 25.7 Å². The van der Waals surface area contributed by atoms with Gasteiger partial charge in [-0.05, 0) is 87.9 Å². The van der Waals surface area contributed by atoms with Crippen molar-refractivity contribution in [3.8, 4) is 0 Å². The highest BCUT2D eigenvalue weighted by Gasteiger charge is 2.66. The average molecular weight is 721 g/mol. The summed E-state index contributed by atoms with van der Waals surface area (Å²) in [6.45, 7) is 17.0. The molecule has 0 aromatic rings. The van der Waals surface area contributed by atoms with Gasteiger partial charge < -0.3 is 20.9 Å². The lowest BCUT2D eigenvalue weighted by Crippen LogP contribution is -2.65. The van der Waals surface area contributed by atoms with E-state index >= 15 is 0 Å². The van der Waals surface area contributed by atoms with E-state index in [1.165, 1.54) is 0 Å². The van der Waals surface area contributed by atoms with Gasteiger partial charge in [-0.3, -0.25) is 19.2 Å². The van der Waals surface area contributed by atoms with Crippen LogP contribution in [-0.2, 0) is 29.0 Å². The second-order valence-electron chi connectivity index (χ2n) is 18.5. The highest BCUT2D eigenvalue weighted by atomic mass is 32.2. The lowest BCUT2D eigenvalue weighted by atomic mass is 9.83. The zero-order chi connectivity index (χ0) is 37.4. The third-order valence-corrected chi connectivity index (χ3v) is 14.7. The van der Waals surface area contributed by atoms with E-state index in [4.69, 9.17) is 0 Å². The second kappa shape index (κ2) is 14.9. The summed E-state index contributed by atoms with van der Waals surface area (Å²) in [7, 11) is -3.56. The van der Waals surface area contributed by atoms with E-state index < -0.39 is 73.1 Å². The fourth-order valence-corrected chi connectivity index (χ4v) is 9.80. The van der Waals surface area contributed by atoms with Gasteiger partial charge >= 0.3 is 6.03 Å². The molecule has 284 valence electrons. The minimum Gasteiger partial charge on any atom is -0.344 e. The molecule has 4 fully saturated rings. The number of carbonyl (C=O) groups is 5. The molecule has 12 heteroatoms. The summed E-state index contributed by atoms with van der Waals surface area (Å²) in [6, 6.07) is -3.42. The number of hydrogen-bond donors (Lipinski definition) is 3. The van der Waals surface area contributed by atoms with Crippen LogP contribution >= 0.6 is 0 Å². The van der Waals surface area contributed by atoms with Gasteiger partial charge in [0, 0.05) is 13.0 Å². The first kappa shape index (κ1) is 40.3. The van der Waals surface area contributed by atoms with Crippen molar-refractivity contribution in [3.63, 3.8) is 0 Å². The van der Waals surface area contributed by atoms with E-state index in [-0.39, 0.29) is 35.3 Å². The Hall–Kier alpha value is -2.50. The summed E-state index contributed by atoms with van der Waals surface area (Å²) in [6.07, 6.45) is 8.23. The molecular weight excluding hydrogens is 657 g/mol. The van der Waals surface area contributed by atoms with Crippen LogP contribution in [0.5, 0.6) is 0 Å². The number of hydrogen-bond acceptors (Lipinski definition) is 7. The molecule has 0 aromatic heterocycles. The largest absolute Gasteiger partial charge is 0.344 e. The van der Waals surface area contributed by atoms with Crippen molar-refractivity contribution in [1.82, 2.24) is 20.9 Å². The first-order valence-corrected chi connectivity index (χ1v) is 20.7. The van der Waals surface area contributed by atoms with Gasteiger partial charge in [-0.15, -0.1) is 0 Å². The van der Waals surface area contributed by atoms with E-state index in [2.05, 4.69) is 29.8 Å². The minimum absolute atomic E-state index is 0.133. The van der Waals surface area contributed by atoms with E-state index in [0.717, 1.165) is 38.5 Å². The molecule has 1 aliphatic heterocycles. The number of likely N-dealkylation sites (tertiary alicyclic amines) is 1. The standard InChI is InChI=1S/C38H64N4O7S/c1-10-11-15-26(30(44)27(43)22-24-16-17-24)39-32(45)29-28-25(37(28,8)9)18-21-42(29)33(46)31(35(2,3)4)40-34(47)41-38(19-13-12-14-20-38)23-50(48,49)36(5,6)7/h24-26,28-29,31H,10-23H2,1-9H3,(H,39,45)(H2,40,41,47)/t25-,26-,28-,29-,31+/m0/s1. The summed E-state index contributed by atoms with van der Waals surface area (Å²) >= 11 is 0. The van der Waals surface area contributed by atoms with Crippen LogP contribution < -0.4 is 16.0 Å². The van der Waals surface area contributed by atoms with Crippen LogP contribution in [0.15, 0.2) is 0 Å². The minimum atomic E-state index is -3.56. The zero-order valence-electron chi connectivity index (χ0n) is 32.1. The fourth-order valence-electron chi connectivity index (χ4n) is 8.28. The van der Waals surface area contributed by atoms with Crippen LogP contribution in [-0.4, -0.2) is 83.4 Å². The maximum Gasteiger partial charge on any atom is 0.315 e. The Morgan fingerprint density at radius 3 is 2.06 bits per heavy atom. The Morgan fingerprint density at radius 1 is 0.900 bits per heavy atom. The number of unbranched alkanes of at least 4 members (excludes halogenated alkanes) is 1. The fraction of sp³-hybridized carbons (Fsp3) is 0.868. The van der Waals surface area contributed by atoms with Crippen LogP contribution in [0.1, 0.15) is 139 Å². The van der Waals surface area contributed by atoms with Crippen LogP contribution in [0.2, 0.25) is 0 Å². The number of fused-ring (bicyclic) bond motifs is 1. The van der Waals surface area contributed by atoms with Crippen molar-refractivity contribution >= 4 is 39.2 Å². The number of urea groups is 1. The topological polar surface area (TPSA) is 159 Å². The van der Waals surface area contributed by atoms with Crippen molar-refractivity contribution in [2.24, 2.45) is 28.6 Å². The maximum absolute atomic E-state index is 14.6. The second-order valence-corrected chi connectivity index (χ2v) is 21.2. The molecule has 1 saturated heterocycles. The number of amides is 4. The lowest BCUT2D eigenvalue weighted by Gasteiger charge is -2.42. The molecule has 4 rings (SSSR count). The number of nitrogens with zero attached hydrogens (tertiary/aromatic N) is 1. The molecule has 0 spiro atoms. The van der Waals surface area contributed by atoms with E-state index in [9.17, 15) is 32.4 Å². The Balaban J connectivity index is 1.57. The highest BCUT2D eigenvalue weighted by Crippen LogP contribution is 2.64. The quantitative estimate of drug-likeness (QED) is 0.211. The Labute approximate surface area is 300 Å². The molecule has 0 radical (unpaired) electrons. The number of carbonyl (C=O) groups excluding carboxylic acids is 5. The monoisotopic (exact) mass is 720 g/mol. The summed E-state index contributed by atoms with van der Waals surface area (Å²) in [4.78, 5) is 70.4. The average Bonchev–Trinajstić information content (AvgIpc) is 3.92. The molecule has 11 nitrogen and oxygen atoms in total. The van der Waals surface area contributed by atoms with Crippen molar-refractivity contribution < 1.29 is 32.4 Å². The number of piperidine rings is 1. The molecular formula is C38H64N4O7S. The van der Waals surface area contributed by atoms with Gasteiger partial charge in [0.25, 0.3) is 0 Å². The molecule has 0 bridgehead atoms. The highest BCUT2D eigenvalue weighted by molar-refractivity contribution is 7.92. The maximum atomic E-state index is 14.6. The number of nitrogens with one attached hydrogen (secondary N) is 3. The number of ketones is 2. The third-order valence-electron chi connectivity index (χ3n) is 12.0. The van der Waals surface area contributed by atoms with Gasteiger partial charge in [0.05, 0.1) is 22.1 Å². The number of Topliss-reactive ketones (excluding diaryl/α,β-unsaturated/α-hetero) is 2. The first-order valence-electron chi connectivity index (χ1n) is 19.0. The summed E-state index contributed by atoms with van der Waals surface area (Å²) in [5.41, 5.74) is -1.90. The van der Waals surface area contributed by atoms with Gasteiger partial charge in [0.2, 0.25) is 23.4 Å². The van der Waals surface area contributed by atoms with Gasteiger partial charge in [0.1, 0.15) is 12.1 Å². The van der Waals surface area contributed by atoms with E-state index in [0.29, 0.717) is 38.6 Å². The van der Waals surface area contributed by atoms with Crippen molar-refractivity contribution in [3.05, 3.63) is 0 Å². The lowest BCUT2D eigenvalue weighted by molar-refractivity contribution is -0.147. The summed E-state index contributed by atoms with van der Waals surface area (Å²) in [5, 5.41) is 8.87. The molecule has 5 atom stereocenters. The van der Waals surface area contributed by atoms with Crippen LogP contribution in [0.25, 0.3) is 0 Å². The SMILES string of the molecule is CCCC[C@H](NC(=O)[C@@H]1[C@@H]2[C@H](CCN1C(=O)[C@@H](NC(=O)NC1(CS(=O)(=O)C(C)(C)C)CCCCC1)C(C)(C)C)C2(C)C)C(=O)C(=O)CC1CC1. The van der Waals surface area contributed by atoms with Crippen molar-refractivity contribution in [2.45, 2.75) is 168 Å². The smallest absolute Gasteiger partial charge is 0.315 e. The molecule has 3 aliphatic carbocycles. The van der Waals surface area contributed by atoms with Gasteiger partial charge in [-0.2, -0.15) is 0 Å². The van der Waals surface area contributed by atoms with Gasteiger partial charge in [-0.25, -0.2) is 13.2 Å². The van der Waals surface area contributed by atoms with Crippen LogP contribution in [0, 0.1) is 28.6 Å². The number of sulfone groups is 1. The summed E-state index contributed by atoms with van der Waals surface area (Å²) in [5.74, 6) is -1.66. The Kier molecular flexibility index (Phi) is 12.0. The predicted octanol–water partition coefficient (Wildman–Crippen LogP) is 5.10. The van der Waals surface area contributed by atoms with Crippen molar-refractivity contribution in [1.29, 1.82) is 0 Å². The normalized spacial score (nSPS) is 25.8. The molecule has 3 saturated carbocycles. The Bertz CT molecular complexity index is 1420. The Morgan fingerprint density at radius 2 is 1.52 bits per heavy atom. The third kappa shape index (κ3) is 9.10. The van der Waals surface area contributed by atoms with Crippen LogP contribution in [0.4, 0.5) is 4.79 Å². The predicted molar refractivity (Wildman–Crippen MR) is 194 cm³/mol. The molecule has 0 aromatic carbocycles. The van der Waals surface area contributed by atoms with E-state index in [1.807, 2.05) is 27.7 Å². The zero-order valence-corrected chi connectivity index (χ0v) is 32.9. The number of rotatable bonds is 14. The summed E-state index contributed by atoms with van der Waals surface area (Å²) < 4.78 is 25.7. The van der Waals surface area contributed by atoms with Gasteiger partial charge in [-0.1, -0.05) is 73.6 Å². The van der Waals surface area contributed by atoms with Crippen molar-refractivity contribution in [2.75, 3.05) is 12.3 Å². The molecule has 1 heterocycles. The molecule has 4 aliphatic rings.